The normalized spacial score (nSPS) is 15.5. The molecule has 0 saturated carbocycles. The number of hydrogen-bond donors (Lipinski definition) is 2. The summed E-state index contributed by atoms with van der Waals surface area (Å²) in [6, 6.07) is 15.5. The molecule has 3 aromatic carbocycles. The van der Waals surface area contributed by atoms with Gasteiger partial charge in [0.1, 0.15) is 11.8 Å². The van der Waals surface area contributed by atoms with Crippen molar-refractivity contribution in [2.75, 3.05) is 7.11 Å². The first-order chi connectivity index (χ1) is 19.5. The Balaban J connectivity index is 1.47. The lowest BCUT2D eigenvalue weighted by Crippen LogP contribution is -2.41. The van der Waals surface area contributed by atoms with Crippen molar-refractivity contribution < 1.29 is 32.6 Å². The minimum Gasteiger partial charge on any atom is -0.507 e. The van der Waals surface area contributed by atoms with Crippen LogP contribution >= 0.6 is 0 Å². The van der Waals surface area contributed by atoms with E-state index < -0.39 is 29.7 Å². The Kier molecular flexibility index (Phi) is 9.12. The Morgan fingerprint density at radius 3 is 2.39 bits per heavy atom. The van der Waals surface area contributed by atoms with Gasteiger partial charge in [0, 0.05) is 0 Å². The number of ether oxygens (including phenoxy) is 1. The van der Waals surface area contributed by atoms with Crippen molar-refractivity contribution in [1.29, 1.82) is 0 Å². The number of aromatic hydroxyl groups is 1. The molecule has 1 aliphatic rings. The van der Waals surface area contributed by atoms with E-state index in [-0.39, 0.29) is 23.3 Å². The lowest BCUT2D eigenvalue weighted by atomic mass is 9.99. The highest BCUT2D eigenvalue weighted by Gasteiger charge is 2.30. The predicted octanol–water partition coefficient (Wildman–Crippen LogP) is 7.13. The van der Waals surface area contributed by atoms with Crippen LogP contribution in [0, 0.1) is 5.92 Å². The molecule has 2 atom stereocenters. The van der Waals surface area contributed by atoms with Crippen molar-refractivity contribution in [3.8, 4) is 16.9 Å². The number of allylic oxidation sites excluding steroid dienone is 6. The van der Waals surface area contributed by atoms with E-state index in [1.54, 1.807) is 0 Å². The molecule has 0 saturated heterocycles. The quantitative estimate of drug-likeness (QED) is 0.287. The summed E-state index contributed by atoms with van der Waals surface area (Å²) in [4.78, 5) is 25.6. The molecule has 8 heteroatoms. The minimum atomic E-state index is -4.53. The zero-order valence-corrected chi connectivity index (χ0v) is 22.6. The summed E-state index contributed by atoms with van der Waals surface area (Å²) in [5.74, 6) is -1.42. The van der Waals surface area contributed by atoms with E-state index in [0.717, 1.165) is 28.8 Å². The number of nitrogens with one attached hydrogen (secondary N) is 1. The highest BCUT2D eigenvalue weighted by molar-refractivity contribution is 6.00. The fourth-order valence-corrected chi connectivity index (χ4v) is 4.48. The molecule has 4 rings (SSSR count). The lowest BCUT2D eigenvalue weighted by molar-refractivity contribution is -0.143. The van der Waals surface area contributed by atoms with Gasteiger partial charge in [-0.2, -0.15) is 13.2 Å². The zero-order valence-electron chi connectivity index (χ0n) is 22.6. The number of methoxy groups -OCH3 is 1. The Labute approximate surface area is 236 Å². The van der Waals surface area contributed by atoms with Crippen LogP contribution < -0.4 is 5.32 Å². The summed E-state index contributed by atoms with van der Waals surface area (Å²) in [7, 11) is 1.21. The molecule has 3 aromatic rings. The topological polar surface area (TPSA) is 75.6 Å². The van der Waals surface area contributed by atoms with Gasteiger partial charge in [0.25, 0.3) is 5.91 Å². The number of phenolic OH excluding ortho intramolecular Hbond substituents is 1. The molecular formula is C33H30F3NO4. The molecular weight excluding hydrogens is 531 g/mol. The maximum Gasteiger partial charge on any atom is 0.416 e. The molecule has 0 heterocycles. The van der Waals surface area contributed by atoms with Crippen LogP contribution in [-0.4, -0.2) is 30.1 Å². The van der Waals surface area contributed by atoms with Crippen LogP contribution in [0.2, 0.25) is 0 Å². The van der Waals surface area contributed by atoms with E-state index in [0.29, 0.717) is 17.9 Å². The largest absolute Gasteiger partial charge is 0.507 e. The molecule has 1 amide bonds. The predicted molar refractivity (Wildman–Crippen MR) is 152 cm³/mol. The number of benzene rings is 3. The van der Waals surface area contributed by atoms with Crippen LogP contribution in [0.15, 0.2) is 97.1 Å². The number of aryl methyl sites for hydroxylation is 1. The van der Waals surface area contributed by atoms with Crippen molar-refractivity contribution in [1.82, 2.24) is 5.32 Å². The second kappa shape index (κ2) is 12.7. The van der Waals surface area contributed by atoms with Gasteiger partial charge in [-0.3, -0.25) is 4.79 Å². The molecule has 0 fully saturated rings. The maximum atomic E-state index is 13.2. The van der Waals surface area contributed by atoms with Crippen LogP contribution in [0.1, 0.15) is 40.4 Å². The van der Waals surface area contributed by atoms with Gasteiger partial charge >= 0.3 is 12.1 Å². The number of phenols is 1. The first kappa shape index (κ1) is 29.4. The molecule has 1 unspecified atom stereocenters. The zero-order chi connectivity index (χ0) is 29.6. The van der Waals surface area contributed by atoms with Crippen LogP contribution in [-0.2, 0) is 22.1 Å². The van der Waals surface area contributed by atoms with Gasteiger partial charge < -0.3 is 15.2 Å². The third kappa shape index (κ3) is 7.54. The second-order valence-electron chi connectivity index (χ2n) is 9.82. The van der Waals surface area contributed by atoms with Gasteiger partial charge in [0.05, 0.1) is 18.2 Å². The van der Waals surface area contributed by atoms with E-state index in [2.05, 4.69) is 36.5 Å². The van der Waals surface area contributed by atoms with E-state index in [4.69, 9.17) is 4.74 Å². The third-order valence-electron chi connectivity index (χ3n) is 6.83. The Morgan fingerprint density at radius 2 is 1.68 bits per heavy atom. The van der Waals surface area contributed by atoms with Crippen LogP contribution in [0.25, 0.3) is 16.7 Å². The molecule has 2 N–H and O–H groups in total. The van der Waals surface area contributed by atoms with Crippen LogP contribution in [0.4, 0.5) is 13.2 Å². The van der Waals surface area contributed by atoms with E-state index in [1.165, 1.54) is 37.4 Å². The van der Waals surface area contributed by atoms with Crippen LogP contribution in [0.5, 0.6) is 5.75 Å². The first-order valence-corrected chi connectivity index (χ1v) is 13.1. The van der Waals surface area contributed by atoms with Gasteiger partial charge in [-0.1, -0.05) is 79.8 Å². The molecule has 0 radical (unpaired) electrons. The minimum absolute atomic E-state index is 0.175. The van der Waals surface area contributed by atoms with Crippen LogP contribution in [0.3, 0.4) is 0 Å². The van der Waals surface area contributed by atoms with Gasteiger partial charge in [-0.05, 0) is 70.9 Å². The molecule has 41 heavy (non-hydrogen) atoms. The first-order valence-electron chi connectivity index (χ1n) is 13.1. The molecule has 0 spiro atoms. The number of halogens is 3. The lowest BCUT2D eigenvalue weighted by Gasteiger charge is -2.18. The Morgan fingerprint density at radius 1 is 0.976 bits per heavy atom. The third-order valence-corrected chi connectivity index (χ3v) is 6.83. The molecule has 1 aliphatic carbocycles. The number of esters is 1. The summed E-state index contributed by atoms with van der Waals surface area (Å²) in [6.07, 6.45) is 6.57. The van der Waals surface area contributed by atoms with E-state index in [1.807, 2.05) is 30.3 Å². The fourth-order valence-electron chi connectivity index (χ4n) is 4.48. The number of hydrogen-bond acceptors (Lipinski definition) is 4. The number of carbonyl (C=O) groups is 2. The van der Waals surface area contributed by atoms with Crippen molar-refractivity contribution in [2.24, 2.45) is 5.92 Å². The van der Waals surface area contributed by atoms with Gasteiger partial charge in [-0.25, -0.2) is 4.79 Å². The van der Waals surface area contributed by atoms with Crippen molar-refractivity contribution in [3.05, 3.63) is 119 Å². The number of carbonyl (C=O) groups excluding carboxylic acids is 2. The fraction of sp³-hybridized carbons (Fsp3) is 0.212. The monoisotopic (exact) mass is 561 g/mol. The second-order valence-corrected chi connectivity index (χ2v) is 9.82. The summed E-state index contributed by atoms with van der Waals surface area (Å²) >= 11 is 0. The SMILES string of the molecule is COC(=O)[C@H](CCc1ccc(C2=CC=CC(C)C=C2)cc1)NC(=O)c1cc(-c2cccc(C(F)(F)F)c2)ccc1O. The highest BCUT2D eigenvalue weighted by Crippen LogP contribution is 2.33. The molecule has 0 aromatic heterocycles. The summed E-state index contributed by atoms with van der Waals surface area (Å²) in [5, 5.41) is 13.0. The average molecular weight is 562 g/mol. The van der Waals surface area contributed by atoms with E-state index >= 15 is 0 Å². The molecule has 212 valence electrons. The van der Waals surface area contributed by atoms with Gasteiger partial charge in [0.15, 0.2) is 0 Å². The maximum absolute atomic E-state index is 13.2. The van der Waals surface area contributed by atoms with E-state index in [9.17, 15) is 27.9 Å². The highest BCUT2D eigenvalue weighted by atomic mass is 19.4. The smallest absolute Gasteiger partial charge is 0.416 e. The molecule has 5 nitrogen and oxygen atoms in total. The molecule has 0 aliphatic heterocycles. The Bertz CT molecular complexity index is 1500. The van der Waals surface area contributed by atoms with Crippen molar-refractivity contribution >= 4 is 17.4 Å². The number of rotatable bonds is 8. The van der Waals surface area contributed by atoms with Gasteiger partial charge in [-0.15, -0.1) is 0 Å². The van der Waals surface area contributed by atoms with Crippen molar-refractivity contribution in [3.63, 3.8) is 0 Å². The van der Waals surface area contributed by atoms with Crippen molar-refractivity contribution in [2.45, 2.75) is 32.0 Å². The standard InChI is InChI=1S/C33H30F3NO4/c1-21-5-3-6-23(13-9-21)24-14-10-22(11-15-24)12-17-29(32(40)41-2)37-31(39)28-20-26(16-18-30(28)38)25-7-4-8-27(19-25)33(34,35)36/h3-11,13-16,18-21,29,38H,12,17H2,1-2H3,(H,37,39)/t21?,29-/m0/s1. The summed E-state index contributed by atoms with van der Waals surface area (Å²) in [6.45, 7) is 2.11. The number of amides is 1. The molecule has 0 bridgehead atoms. The number of alkyl halides is 3. The Hall–Kier alpha value is -4.59. The van der Waals surface area contributed by atoms with Gasteiger partial charge in [0.2, 0.25) is 0 Å². The summed E-state index contributed by atoms with van der Waals surface area (Å²) in [5.41, 5.74) is 2.61. The average Bonchev–Trinajstić information content (AvgIpc) is 3.19. The summed E-state index contributed by atoms with van der Waals surface area (Å²) < 4.78 is 44.4.